The van der Waals surface area contributed by atoms with E-state index in [-0.39, 0.29) is 16.4 Å². The van der Waals surface area contributed by atoms with Crippen LogP contribution in [-0.4, -0.2) is 20.0 Å². The van der Waals surface area contributed by atoms with E-state index in [0.717, 1.165) is 4.57 Å². The molecule has 0 saturated heterocycles. The first-order valence-corrected chi connectivity index (χ1v) is 5.97. The number of nitrogens with one attached hydrogen (secondary N) is 1. The number of aryl methyl sites for hydroxylation is 1. The first-order chi connectivity index (χ1) is 9.40. The van der Waals surface area contributed by atoms with E-state index in [2.05, 4.69) is 10.3 Å². The highest BCUT2D eigenvalue weighted by atomic mass is 35.5. The van der Waals surface area contributed by atoms with Gasteiger partial charge in [0.2, 0.25) is 0 Å². The first-order valence-electron chi connectivity index (χ1n) is 5.59. The van der Waals surface area contributed by atoms with Crippen molar-refractivity contribution in [2.75, 3.05) is 5.32 Å². The number of aromatic nitrogens is 3. The van der Waals surface area contributed by atoms with Gasteiger partial charge >= 0.3 is 5.69 Å². The van der Waals surface area contributed by atoms with Crippen molar-refractivity contribution < 1.29 is 4.79 Å². The van der Waals surface area contributed by atoms with Crippen LogP contribution in [0.2, 0.25) is 5.15 Å². The van der Waals surface area contributed by atoms with Gasteiger partial charge in [-0.1, -0.05) is 11.6 Å². The highest BCUT2D eigenvalue weighted by Crippen LogP contribution is 2.07. The van der Waals surface area contributed by atoms with Crippen LogP contribution in [0.3, 0.4) is 0 Å². The van der Waals surface area contributed by atoms with Crippen molar-refractivity contribution in [3.63, 3.8) is 0 Å². The summed E-state index contributed by atoms with van der Waals surface area (Å²) in [5.74, 6) is -0.509. The molecule has 8 heteroatoms. The topological polar surface area (TPSA) is 86.0 Å². The average molecular weight is 295 g/mol. The Morgan fingerprint density at radius 3 is 2.60 bits per heavy atom. The molecule has 0 aliphatic heterocycles. The lowest BCUT2D eigenvalue weighted by Crippen LogP contribution is -2.38. The van der Waals surface area contributed by atoms with Crippen molar-refractivity contribution in [3.05, 3.63) is 56.1 Å². The Labute approximate surface area is 118 Å². The fraction of sp³-hybridized carbons (Fsp3) is 0.167. The Balaban J connectivity index is 2.36. The fourth-order valence-electron chi connectivity index (χ4n) is 1.60. The van der Waals surface area contributed by atoms with E-state index in [1.54, 1.807) is 0 Å². The minimum absolute atomic E-state index is 0.00884. The number of hydrogen-bond donors (Lipinski definition) is 1. The molecule has 2 aromatic heterocycles. The molecule has 0 aliphatic rings. The zero-order chi connectivity index (χ0) is 14.9. The van der Waals surface area contributed by atoms with Gasteiger partial charge in [-0.2, -0.15) is 0 Å². The SMILES string of the molecule is Cn1cc(NC(=O)c2ccc(Cl)nc2)c(=O)n(C)c1=O. The van der Waals surface area contributed by atoms with Crippen molar-refractivity contribution in [1.29, 1.82) is 0 Å². The molecule has 0 atom stereocenters. The molecule has 2 heterocycles. The second-order valence-electron chi connectivity index (χ2n) is 4.12. The minimum atomic E-state index is -0.580. The van der Waals surface area contributed by atoms with Crippen LogP contribution in [0.5, 0.6) is 0 Å². The molecular weight excluding hydrogens is 284 g/mol. The lowest BCUT2D eigenvalue weighted by Gasteiger charge is -2.08. The number of carbonyl (C=O) groups is 1. The van der Waals surface area contributed by atoms with Crippen LogP contribution in [0.1, 0.15) is 10.4 Å². The minimum Gasteiger partial charge on any atom is -0.316 e. The molecule has 0 saturated carbocycles. The molecule has 0 unspecified atom stereocenters. The Kier molecular flexibility index (Phi) is 3.71. The maximum Gasteiger partial charge on any atom is 0.330 e. The Morgan fingerprint density at radius 2 is 2.00 bits per heavy atom. The number of nitrogens with zero attached hydrogens (tertiary/aromatic N) is 3. The summed E-state index contributed by atoms with van der Waals surface area (Å²) in [6.45, 7) is 0. The quantitative estimate of drug-likeness (QED) is 0.812. The van der Waals surface area contributed by atoms with Gasteiger partial charge in [0.05, 0.1) is 5.56 Å². The van der Waals surface area contributed by atoms with E-state index < -0.39 is 17.2 Å². The Morgan fingerprint density at radius 1 is 1.30 bits per heavy atom. The van der Waals surface area contributed by atoms with Crippen molar-refractivity contribution in [1.82, 2.24) is 14.1 Å². The summed E-state index contributed by atoms with van der Waals surface area (Å²) in [6.07, 6.45) is 2.57. The van der Waals surface area contributed by atoms with Gasteiger partial charge in [-0.25, -0.2) is 9.78 Å². The number of halogens is 1. The molecule has 0 aliphatic carbocycles. The summed E-state index contributed by atoms with van der Waals surface area (Å²) in [4.78, 5) is 39.1. The number of amides is 1. The smallest absolute Gasteiger partial charge is 0.316 e. The number of rotatable bonds is 2. The predicted molar refractivity (Wildman–Crippen MR) is 74.1 cm³/mol. The van der Waals surface area contributed by atoms with E-state index in [4.69, 9.17) is 11.6 Å². The number of carbonyl (C=O) groups excluding carboxylic acids is 1. The van der Waals surface area contributed by atoms with Crippen molar-refractivity contribution in [2.45, 2.75) is 0 Å². The lowest BCUT2D eigenvalue weighted by atomic mass is 10.2. The third-order valence-corrected chi connectivity index (χ3v) is 2.91. The summed E-state index contributed by atoms with van der Waals surface area (Å²) in [6, 6.07) is 2.95. The molecule has 20 heavy (non-hydrogen) atoms. The van der Waals surface area contributed by atoms with Gasteiger partial charge in [0.25, 0.3) is 11.5 Å². The molecule has 1 amide bonds. The number of pyridine rings is 1. The maximum atomic E-state index is 12.0. The van der Waals surface area contributed by atoms with Gasteiger partial charge in [0, 0.05) is 26.5 Å². The van der Waals surface area contributed by atoms with Crippen LogP contribution in [0, 0.1) is 0 Å². The highest BCUT2D eigenvalue weighted by Gasteiger charge is 2.12. The summed E-state index contributed by atoms with van der Waals surface area (Å²) in [7, 11) is 2.82. The molecule has 0 radical (unpaired) electrons. The monoisotopic (exact) mass is 294 g/mol. The third kappa shape index (κ3) is 2.62. The van der Waals surface area contributed by atoms with Crippen molar-refractivity contribution in [2.24, 2.45) is 14.1 Å². The average Bonchev–Trinajstić information content (AvgIpc) is 2.43. The molecule has 2 aromatic rings. The molecule has 104 valence electrons. The molecule has 0 bridgehead atoms. The predicted octanol–water partition coefficient (Wildman–Crippen LogP) is 0.385. The van der Waals surface area contributed by atoms with E-state index in [0.29, 0.717) is 0 Å². The van der Waals surface area contributed by atoms with Crippen molar-refractivity contribution >= 4 is 23.2 Å². The maximum absolute atomic E-state index is 12.0. The van der Waals surface area contributed by atoms with E-state index in [1.807, 2.05) is 0 Å². The summed E-state index contributed by atoms with van der Waals surface area (Å²) < 4.78 is 2.12. The number of anilines is 1. The second-order valence-corrected chi connectivity index (χ2v) is 4.51. The van der Waals surface area contributed by atoms with E-state index >= 15 is 0 Å². The second kappa shape index (κ2) is 5.30. The van der Waals surface area contributed by atoms with Gasteiger partial charge in [-0.05, 0) is 12.1 Å². The summed E-state index contributed by atoms with van der Waals surface area (Å²) in [5.41, 5.74) is -0.788. The van der Waals surface area contributed by atoms with Crippen LogP contribution in [0.4, 0.5) is 5.69 Å². The Hall–Kier alpha value is -2.41. The standard InChI is InChI=1S/C12H11ClN4O3/c1-16-6-8(11(19)17(2)12(16)20)15-10(18)7-3-4-9(13)14-5-7/h3-6H,1-2H3,(H,15,18). The molecular formula is C12H11ClN4O3. The fourth-order valence-corrected chi connectivity index (χ4v) is 1.71. The van der Waals surface area contributed by atoms with E-state index in [9.17, 15) is 14.4 Å². The van der Waals surface area contributed by atoms with Crippen LogP contribution >= 0.6 is 11.6 Å². The van der Waals surface area contributed by atoms with Crippen LogP contribution < -0.4 is 16.6 Å². The van der Waals surface area contributed by atoms with Crippen LogP contribution in [0.25, 0.3) is 0 Å². The highest BCUT2D eigenvalue weighted by molar-refractivity contribution is 6.29. The molecule has 0 aromatic carbocycles. The summed E-state index contributed by atoms with van der Waals surface area (Å²) in [5, 5.41) is 2.70. The van der Waals surface area contributed by atoms with Crippen LogP contribution in [-0.2, 0) is 14.1 Å². The molecule has 7 nitrogen and oxygen atoms in total. The van der Waals surface area contributed by atoms with Gasteiger partial charge in [0.15, 0.2) is 0 Å². The largest absolute Gasteiger partial charge is 0.330 e. The molecule has 1 N–H and O–H groups in total. The molecule has 0 spiro atoms. The van der Waals surface area contributed by atoms with E-state index in [1.165, 1.54) is 43.2 Å². The number of hydrogen-bond acceptors (Lipinski definition) is 4. The molecule has 2 rings (SSSR count). The molecule has 0 fully saturated rings. The summed E-state index contributed by atoms with van der Waals surface area (Å²) >= 11 is 5.63. The Bertz CT molecular complexity index is 777. The van der Waals surface area contributed by atoms with Gasteiger partial charge in [-0.15, -0.1) is 0 Å². The zero-order valence-corrected chi connectivity index (χ0v) is 11.5. The van der Waals surface area contributed by atoms with Gasteiger partial charge < -0.3 is 9.88 Å². The van der Waals surface area contributed by atoms with Crippen LogP contribution in [0.15, 0.2) is 34.1 Å². The normalized spacial score (nSPS) is 10.3. The zero-order valence-electron chi connectivity index (χ0n) is 10.8. The van der Waals surface area contributed by atoms with Gasteiger partial charge in [-0.3, -0.25) is 14.2 Å². The first kappa shape index (κ1) is 14.0. The third-order valence-electron chi connectivity index (χ3n) is 2.68. The van der Waals surface area contributed by atoms with Gasteiger partial charge in [0.1, 0.15) is 10.8 Å². The van der Waals surface area contributed by atoms with Crippen molar-refractivity contribution in [3.8, 4) is 0 Å². The lowest BCUT2D eigenvalue weighted by molar-refractivity contribution is 0.102.